The van der Waals surface area contributed by atoms with Crippen LogP contribution in [0.1, 0.15) is 19.8 Å². The lowest BCUT2D eigenvalue weighted by Crippen LogP contribution is -2.34. The van der Waals surface area contributed by atoms with E-state index < -0.39 is 0 Å². The van der Waals surface area contributed by atoms with E-state index in [1.165, 1.54) is 5.57 Å². The number of carbonyl (C=O) groups is 1. The standard InChI is InChI=1S/C10H12O2/c1-8-2-3-10(7-11)4-5-12-9(10)6-8/h2,4-5,7,9H,3,6H2,1H3/t9-,10-/m0/s1. The summed E-state index contributed by atoms with van der Waals surface area (Å²) in [5.74, 6) is 0. The van der Waals surface area contributed by atoms with Crippen molar-refractivity contribution in [1.29, 1.82) is 0 Å². The Morgan fingerprint density at radius 1 is 1.75 bits per heavy atom. The first-order valence-electron chi connectivity index (χ1n) is 4.22. The minimum Gasteiger partial charge on any atom is -0.497 e. The van der Waals surface area contributed by atoms with Gasteiger partial charge in [-0.1, -0.05) is 11.6 Å². The van der Waals surface area contributed by atoms with Crippen LogP contribution in [-0.2, 0) is 9.53 Å². The molecule has 0 fully saturated rings. The van der Waals surface area contributed by atoms with Crippen LogP contribution in [0.5, 0.6) is 0 Å². The van der Waals surface area contributed by atoms with E-state index >= 15 is 0 Å². The summed E-state index contributed by atoms with van der Waals surface area (Å²) in [6.45, 7) is 2.08. The van der Waals surface area contributed by atoms with E-state index in [1.807, 2.05) is 6.08 Å². The number of rotatable bonds is 1. The molecule has 0 aromatic heterocycles. The SMILES string of the molecule is CC1=CC[C@@]2(C=O)C=CO[C@H]2C1. The lowest BCUT2D eigenvalue weighted by atomic mass is 9.75. The van der Waals surface area contributed by atoms with Gasteiger partial charge in [0, 0.05) is 6.42 Å². The van der Waals surface area contributed by atoms with Crippen molar-refractivity contribution in [3.63, 3.8) is 0 Å². The van der Waals surface area contributed by atoms with Gasteiger partial charge in [0.1, 0.15) is 12.4 Å². The van der Waals surface area contributed by atoms with Gasteiger partial charge in [0.05, 0.1) is 11.7 Å². The zero-order chi connectivity index (χ0) is 8.60. The second-order valence-electron chi connectivity index (χ2n) is 3.62. The average Bonchev–Trinajstić information content (AvgIpc) is 2.48. The summed E-state index contributed by atoms with van der Waals surface area (Å²) in [5.41, 5.74) is 0.973. The third-order valence-corrected chi connectivity index (χ3v) is 2.75. The molecule has 1 aliphatic carbocycles. The van der Waals surface area contributed by atoms with Crippen molar-refractivity contribution in [2.45, 2.75) is 25.9 Å². The van der Waals surface area contributed by atoms with Crippen molar-refractivity contribution in [1.82, 2.24) is 0 Å². The molecule has 0 saturated heterocycles. The molecule has 0 unspecified atom stereocenters. The molecule has 12 heavy (non-hydrogen) atoms. The largest absolute Gasteiger partial charge is 0.497 e. The Labute approximate surface area is 71.9 Å². The maximum atomic E-state index is 10.9. The van der Waals surface area contributed by atoms with Gasteiger partial charge < -0.3 is 9.53 Å². The fourth-order valence-corrected chi connectivity index (χ4v) is 1.82. The summed E-state index contributed by atoms with van der Waals surface area (Å²) in [5, 5.41) is 0. The number of carbonyl (C=O) groups excluding carboxylic acids is 1. The highest BCUT2D eigenvalue weighted by molar-refractivity contribution is 5.66. The molecule has 2 rings (SSSR count). The van der Waals surface area contributed by atoms with Gasteiger partial charge in [0.15, 0.2) is 0 Å². The molecule has 0 saturated carbocycles. The minimum atomic E-state index is -0.348. The fraction of sp³-hybridized carbons (Fsp3) is 0.500. The van der Waals surface area contributed by atoms with Crippen molar-refractivity contribution < 1.29 is 9.53 Å². The molecule has 0 bridgehead atoms. The Bertz CT molecular complexity index is 265. The van der Waals surface area contributed by atoms with Crippen LogP contribution in [0.4, 0.5) is 0 Å². The van der Waals surface area contributed by atoms with Crippen LogP contribution in [0.15, 0.2) is 24.0 Å². The number of hydrogen-bond acceptors (Lipinski definition) is 2. The van der Waals surface area contributed by atoms with Crippen LogP contribution in [0.25, 0.3) is 0 Å². The number of fused-ring (bicyclic) bond motifs is 1. The third-order valence-electron chi connectivity index (χ3n) is 2.75. The molecular weight excluding hydrogens is 152 g/mol. The van der Waals surface area contributed by atoms with Gasteiger partial charge in [-0.2, -0.15) is 0 Å². The summed E-state index contributed by atoms with van der Waals surface area (Å²) in [6, 6.07) is 0. The Balaban J connectivity index is 2.31. The summed E-state index contributed by atoms with van der Waals surface area (Å²) < 4.78 is 5.37. The zero-order valence-electron chi connectivity index (χ0n) is 7.12. The molecule has 0 spiro atoms. The van der Waals surface area contributed by atoms with E-state index in [4.69, 9.17) is 4.74 Å². The highest BCUT2D eigenvalue weighted by Gasteiger charge is 2.42. The predicted octanol–water partition coefficient (Wildman–Crippen LogP) is 1.82. The first-order chi connectivity index (χ1) is 5.77. The predicted molar refractivity (Wildman–Crippen MR) is 45.5 cm³/mol. The summed E-state index contributed by atoms with van der Waals surface area (Å²) in [7, 11) is 0. The molecule has 2 heteroatoms. The molecule has 0 amide bonds. The van der Waals surface area contributed by atoms with Crippen LogP contribution < -0.4 is 0 Å². The van der Waals surface area contributed by atoms with E-state index in [-0.39, 0.29) is 11.5 Å². The summed E-state index contributed by atoms with van der Waals surface area (Å²) in [4.78, 5) is 10.9. The molecule has 0 radical (unpaired) electrons. The third kappa shape index (κ3) is 0.909. The molecular formula is C10H12O2. The minimum absolute atomic E-state index is 0.0556. The average molecular weight is 164 g/mol. The van der Waals surface area contributed by atoms with Gasteiger partial charge in [0.25, 0.3) is 0 Å². The quantitative estimate of drug-likeness (QED) is 0.436. The normalized spacial score (nSPS) is 38.4. The Morgan fingerprint density at radius 2 is 2.58 bits per heavy atom. The lowest BCUT2D eigenvalue weighted by molar-refractivity contribution is -0.117. The van der Waals surface area contributed by atoms with Gasteiger partial charge in [-0.25, -0.2) is 0 Å². The Morgan fingerprint density at radius 3 is 3.33 bits per heavy atom. The molecule has 1 aliphatic heterocycles. The molecule has 2 aliphatic rings. The van der Waals surface area contributed by atoms with Crippen molar-refractivity contribution in [3.8, 4) is 0 Å². The van der Waals surface area contributed by atoms with Crippen LogP contribution in [-0.4, -0.2) is 12.4 Å². The summed E-state index contributed by atoms with van der Waals surface area (Å²) in [6.07, 6.45) is 8.42. The highest BCUT2D eigenvalue weighted by atomic mass is 16.5. The van der Waals surface area contributed by atoms with E-state index in [2.05, 4.69) is 13.0 Å². The second kappa shape index (κ2) is 2.47. The molecule has 0 N–H and O–H groups in total. The van der Waals surface area contributed by atoms with Crippen molar-refractivity contribution in [3.05, 3.63) is 24.0 Å². The first kappa shape index (κ1) is 7.59. The second-order valence-corrected chi connectivity index (χ2v) is 3.62. The van der Waals surface area contributed by atoms with Crippen molar-refractivity contribution in [2.75, 3.05) is 0 Å². The molecule has 2 nitrogen and oxygen atoms in total. The highest BCUT2D eigenvalue weighted by Crippen LogP contribution is 2.40. The fourth-order valence-electron chi connectivity index (χ4n) is 1.82. The van der Waals surface area contributed by atoms with Gasteiger partial charge in [-0.05, 0) is 19.4 Å². The van der Waals surface area contributed by atoms with Gasteiger partial charge in [0.2, 0.25) is 0 Å². The molecule has 2 atom stereocenters. The van der Waals surface area contributed by atoms with E-state index in [9.17, 15) is 4.79 Å². The topological polar surface area (TPSA) is 26.3 Å². The molecule has 1 heterocycles. The van der Waals surface area contributed by atoms with Crippen LogP contribution in [0.3, 0.4) is 0 Å². The molecule has 64 valence electrons. The van der Waals surface area contributed by atoms with Crippen LogP contribution in [0.2, 0.25) is 0 Å². The molecule has 0 aromatic carbocycles. The Kier molecular flexibility index (Phi) is 1.56. The zero-order valence-corrected chi connectivity index (χ0v) is 7.12. The summed E-state index contributed by atoms with van der Waals surface area (Å²) >= 11 is 0. The van der Waals surface area contributed by atoms with Gasteiger partial charge in [-0.3, -0.25) is 0 Å². The van der Waals surface area contributed by atoms with Crippen LogP contribution in [0, 0.1) is 5.41 Å². The van der Waals surface area contributed by atoms with E-state index in [0.717, 1.165) is 19.1 Å². The lowest BCUT2D eigenvalue weighted by Gasteiger charge is -2.30. The van der Waals surface area contributed by atoms with Gasteiger partial charge >= 0.3 is 0 Å². The van der Waals surface area contributed by atoms with Crippen molar-refractivity contribution >= 4 is 6.29 Å². The van der Waals surface area contributed by atoms with Gasteiger partial charge in [-0.15, -0.1) is 0 Å². The maximum Gasteiger partial charge on any atom is 0.134 e. The Hall–Kier alpha value is -1.05. The molecule has 0 aromatic rings. The smallest absolute Gasteiger partial charge is 0.134 e. The number of hydrogen-bond donors (Lipinski definition) is 0. The van der Waals surface area contributed by atoms with Crippen LogP contribution >= 0.6 is 0 Å². The van der Waals surface area contributed by atoms with E-state index in [0.29, 0.717) is 0 Å². The van der Waals surface area contributed by atoms with Crippen molar-refractivity contribution in [2.24, 2.45) is 5.41 Å². The number of allylic oxidation sites excluding steroid dienone is 1. The number of ether oxygens (including phenoxy) is 1. The maximum absolute atomic E-state index is 10.9. The first-order valence-corrected chi connectivity index (χ1v) is 4.22. The monoisotopic (exact) mass is 164 g/mol. The number of aldehydes is 1. The van der Waals surface area contributed by atoms with E-state index in [1.54, 1.807) is 6.26 Å².